The molecule has 0 aromatic rings. The van der Waals surface area contributed by atoms with E-state index in [0.29, 0.717) is 12.8 Å². The molecule has 1 amide bonds. The normalized spacial score (nSPS) is 9.69. The second-order valence-electron chi connectivity index (χ2n) is 2.84. The van der Waals surface area contributed by atoms with Crippen LogP contribution in [0, 0.1) is 0 Å². The van der Waals surface area contributed by atoms with Crippen LogP contribution in [-0.2, 0) is 14.4 Å². The largest absolute Gasteiger partial charge is 0.303 e. The molecule has 0 rings (SSSR count). The van der Waals surface area contributed by atoms with E-state index >= 15 is 0 Å². The Bertz CT molecular complexity index is 159. The molecule has 76 valence electrons. The minimum absolute atomic E-state index is 0.0198. The van der Waals surface area contributed by atoms with Crippen molar-refractivity contribution in [2.24, 2.45) is 0 Å². The molecule has 4 heteroatoms. The summed E-state index contributed by atoms with van der Waals surface area (Å²) in [6.45, 7) is 0. The summed E-state index contributed by atoms with van der Waals surface area (Å²) in [5, 5.41) is 1.22. The number of hydrogen-bond acceptors (Lipinski definition) is 3. The van der Waals surface area contributed by atoms with Crippen molar-refractivity contribution in [3.63, 3.8) is 0 Å². The molecule has 0 saturated carbocycles. The molecule has 0 aliphatic heterocycles. The molecule has 0 N–H and O–H groups in total. The first-order valence-corrected chi connectivity index (χ1v) is 4.46. The first-order valence-electron chi connectivity index (χ1n) is 4.46. The van der Waals surface area contributed by atoms with Crippen molar-refractivity contribution < 1.29 is 14.4 Å². The van der Waals surface area contributed by atoms with Gasteiger partial charge >= 0.3 is 0 Å². The van der Waals surface area contributed by atoms with E-state index in [-0.39, 0.29) is 5.91 Å². The topological polar surface area (TPSA) is 46.6 Å². The summed E-state index contributed by atoms with van der Waals surface area (Å²) in [6, 6.07) is 0. The van der Waals surface area contributed by atoms with Gasteiger partial charge in [0.2, 0.25) is 5.91 Å². The summed E-state index contributed by atoms with van der Waals surface area (Å²) in [5.74, 6) is -0.0198. The van der Waals surface area contributed by atoms with Gasteiger partial charge < -0.3 is 4.79 Å². The first-order chi connectivity index (χ1) is 6.22. The third-order valence-corrected chi connectivity index (χ3v) is 1.84. The van der Waals surface area contributed by atoms with Gasteiger partial charge in [-0.05, 0) is 12.8 Å². The minimum Gasteiger partial charge on any atom is -0.303 e. The Kier molecular flexibility index (Phi) is 7.20. The number of rotatable bonds is 7. The summed E-state index contributed by atoms with van der Waals surface area (Å²) in [5.41, 5.74) is 0. The van der Waals surface area contributed by atoms with E-state index in [1.54, 1.807) is 7.05 Å². The van der Waals surface area contributed by atoms with Crippen LogP contribution in [0.5, 0.6) is 0 Å². The van der Waals surface area contributed by atoms with Crippen molar-refractivity contribution in [1.82, 2.24) is 5.06 Å². The van der Waals surface area contributed by atoms with Crippen LogP contribution in [0.1, 0.15) is 32.1 Å². The smallest absolute Gasteiger partial charge is 0.245 e. The molecule has 0 aliphatic carbocycles. The highest BCUT2D eigenvalue weighted by molar-refractivity contribution is 5.74. The maximum atomic E-state index is 11.1. The zero-order valence-electron chi connectivity index (χ0n) is 8.28. The number of carbonyl (C=O) groups excluding carboxylic acids is 2. The lowest BCUT2D eigenvalue weighted by Gasteiger charge is -2.12. The molecule has 0 bridgehead atoms. The number of hydrogen-bond donors (Lipinski definition) is 0. The molecule has 4 nitrogen and oxygen atoms in total. The van der Waals surface area contributed by atoms with E-state index in [1.807, 2.05) is 0 Å². The molecule has 0 aromatic carbocycles. The Morgan fingerprint density at radius 1 is 1.38 bits per heavy atom. The molecule has 13 heavy (non-hydrogen) atoms. The van der Waals surface area contributed by atoms with Gasteiger partial charge in [0.05, 0.1) is 7.11 Å². The second-order valence-corrected chi connectivity index (χ2v) is 2.84. The Morgan fingerprint density at radius 3 is 2.62 bits per heavy atom. The van der Waals surface area contributed by atoms with Crippen LogP contribution in [0.15, 0.2) is 0 Å². The molecule has 0 radical (unpaired) electrons. The van der Waals surface area contributed by atoms with Crippen molar-refractivity contribution in [1.29, 1.82) is 0 Å². The maximum absolute atomic E-state index is 11.1. The fraction of sp³-hybridized carbons (Fsp3) is 0.778. The molecule has 0 fully saturated rings. The van der Waals surface area contributed by atoms with Gasteiger partial charge in [-0.25, -0.2) is 5.06 Å². The summed E-state index contributed by atoms with van der Waals surface area (Å²) in [6.07, 6.45) is 4.59. The van der Waals surface area contributed by atoms with E-state index in [0.717, 1.165) is 25.5 Å². The lowest BCUT2D eigenvalue weighted by Crippen LogP contribution is -2.24. The first kappa shape index (κ1) is 12.1. The fourth-order valence-electron chi connectivity index (χ4n) is 0.940. The van der Waals surface area contributed by atoms with Crippen LogP contribution in [0.3, 0.4) is 0 Å². The maximum Gasteiger partial charge on any atom is 0.245 e. The number of carbonyl (C=O) groups is 2. The van der Waals surface area contributed by atoms with E-state index in [2.05, 4.69) is 0 Å². The summed E-state index contributed by atoms with van der Waals surface area (Å²) in [4.78, 5) is 25.8. The van der Waals surface area contributed by atoms with Crippen molar-refractivity contribution in [3.05, 3.63) is 0 Å². The quantitative estimate of drug-likeness (QED) is 0.341. The monoisotopic (exact) mass is 187 g/mol. The molecular weight excluding hydrogens is 170 g/mol. The second kappa shape index (κ2) is 7.73. The number of unbranched alkanes of at least 4 members (excludes halogenated alkanes) is 3. The predicted octanol–water partition coefficient (Wildman–Crippen LogP) is 1.16. The van der Waals surface area contributed by atoms with E-state index < -0.39 is 0 Å². The SMILES string of the molecule is CON(C)C(=O)CCCCCC=O. The number of hydroxylamine groups is 2. The van der Waals surface area contributed by atoms with Crippen molar-refractivity contribution in [2.75, 3.05) is 14.2 Å². The minimum atomic E-state index is -0.0198. The molecule has 0 spiro atoms. The molecule has 0 unspecified atom stereocenters. The Balaban J connectivity index is 3.31. The van der Waals surface area contributed by atoms with Gasteiger partial charge in [-0.1, -0.05) is 6.42 Å². The lowest BCUT2D eigenvalue weighted by molar-refractivity contribution is -0.168. The molecule has 0 saturated heterocycles. The predicted molar refractivity (Wildman–Crippen MR) is 48.9 cm³/mol. The van der Waals surface area contributed by atoms with E-state index in [9.17, 15) is 9.59 Å². The van der Waals surface area contributed by atoms with Gasteiger partial charge in [0.1, 0.15) is 6.29 Å². The van der Waals surface area contributed by atoms with Crippen LogP contribution in [0.2, 0.25) is 0 Å². The van der Waals surface area contributed by atoms with Crippen molar-refractivity contribution in [3.8, 4) is 0 Å². The van der Waals surface area contributed by atoms with Crippen LogP contribution >= 0.6 is 0 Å². The molecule has 0 atom stereocenters. The highest BCUT2D eigenvalue weighted by Crippen LogP contribution is 2.03. The summed E-state index contributed by atoms with van der Waals surface area (Å²) < 4.78 is 0. The zero-order valence-corrected chi connectivity index (χ0v) is 8.28. The number of aldehydes is 1. The number of nitrogens with zero attached hydrogens (tertiary/aromatic N) is 1. The van der Waals surface area contributed by atoms with Gasteiger partial charge in [-0.15, -0.1) is 0 Å². The molecule has 0 heterocycles. The highest BCUT2D eigenvalue weighted by Gasteiger charge is 2.06. The van der Waals surface area contributed by atoms with Crippen LogP contribution in [0.4, 0.5) is 0 Å². The standard InChI is InChI=1S/C9H17NO3/c1-10(13-2)9(12)7-5-3-4-6-8-11/h8H,3-7H2,1-2H3. The van der Waals surface area contributed by atoms with Crippen LogP contribution in [0.25, 0.3) is 0 Å². The summed E-state index contributed by atoms with van der Waals surface area (Å²) in [7, 11) is 3.05. The summed E-state index contributed by atoms with van der Waals surface area (Å²) >= 11 is 0. The highest BCUT2D eigenvalue weighted by atomic mass is 16.7. The molecular formula is C9H17NO3. The molecule has 0 aromatic heterocycles. The van der Waals surface area contributed by atoms with Gasteiger partial charge in [0, 0.05) is 19.9 Å². The van der Waals surface area contributed by atoms with Gasteiger partial charge in [0.25, 0.3) is 0 Å². The van der Waals surface area contributed by atoms with Crippen LogP contribution in [-0.4, -0.2) is 31.4 Å². The Morgan fingerprint density at radius 2 is 2.08 bits per heavy atom. The van der Waals surface area contributed by atoms with Crippen molar-refractivity contribution >= 4 is 12.2 Å². The average Bonchev–Trinajstić information content (AvgIpc) is 2.16. The van der Waals surface area contributed by atoms with E-state index in [1.165, 1.54) is 12.2 Å². The number of amides is 1. The van der Waals surface area contributed by atoms with Crippen molar-refractivity contribution in [2.45, 2.75) is 32.1 Å². The fourth-order valence-corrected chi connectivity index (χ4v) is 0.940. The van der Waals surface area contributed by atoms with Gasteiger partial charge in [-0.2, -0.15) is 0 Å². The van der Waals surface area contributed by atoms with Gasteiger partial charge in [0.15, 0.2) is 0 Å². The Labute approximate surface area is 78.8 Å². The Hall–Kier alpha value is -0.900. The zero-order chi connectivity index (χ0) is 10.1. The van der Waals surface area contributed by atoms with Gasteiger partial charge in [-0.3, -0.25) is 9.63 Å². The third kappa shape index (κ3) is 6.28. The average molecular weight is 187 g/mol. The third-order valence-electron chi connectivity index (χ3n) is 1.84. The van der Waals surface area contributed by atoms with Crippen LogP contribution < -0.4 is 0 Å². The van der Waals surface area contributed by atoms with E-state index in [4.69, 9.17) is 4.84 Å². The molecule has 0 aliphatic rings. The lowest BCUT2D eigenvalue weighted by atomic mass is 10.1.